The van der Waals surface area contributed by atoms with E-state index in [1.54, 1.807) is 0 Å². The molecule has 1 rings (SSSR count). The van der Waals surface area contributed by atoms with Gasteiger partial charge in [0.05, 0.1) is 18.0 Å². The molecule has 0 fully saturated rings. The van der Waals surface area contributed by atoms with E-state index < -0.39 is 11.6 Å². The molecule has 0 radical (unpaired) electrons. The lowest BCUT2D eigenvalue weighted by atomic mass is 10.1. The van der Waals surface area contributed by atoms with Gasteiger partial charge in [0.25, 0.3) is 0 Å². The van der Waals surface area contributed by atoms with E-state index in [1.807, 2.05) is 0 Å². The van der Waals surface area contributed by atoms with E-state index in [0.29, 0.717) is 0 Å². The Morgan fingerprint density at radius 3 is 2.79 bits per heavy atom. The number of benzene rings is 1. The Bertz CT molecular complexity index is 368. The minimum atomic E-state index is -0.711. The lowest BCUT2D eigenvalue weighted by molar-refractivity contribution is 0.102. The number of methoxy groups -OCH3 is 1. The zero-order chi connectivity index (χ0) is 10.7. The van der Waals surface area contributed by atoms with Crippen molar-refractivity contribution in [3.05, 3.63) is 23.5 Å². The summed E-state index contributed by atoms with van der Waals surface area (Å²) in [5.74, 6) is -1.10. The van der Waals surface area contributed by atoms with Crippen LogP contribution in [0.5, 0.6) is 5.75 Å². The Labute approximate surface area is 89.2 Å². The van der Waals surface area contributed by atoms with Gasteiger partial charge in [-0.15, -0.1) is 0 Å². The third kappa shape index (κ3) is 1.87. The molecule has 0 atom stereocenters. The number of ketones is 1. The number of hydrogen-bond donors (Lipinski definition) is 1. The fraction of sp³-hybridized carbons (Fsp3) is 0.222. The van der Waals surface area contributed by atoms with E-state index in [-0.39, 0.29) is 22.3 Å². The largest absolute Gasteiger partial charge is 0.494 e. The van der Waals surface area contributed by atoms with Gasteiger partial charge in [0.15, 0.2) is 17.3 Å². The molecule has 0 unspecified atom stereocenters. The number of carbonyl (C=O) groups is 1. The number of alkyl halides is 1. The third-order valence-electron chi connectivity index (χ3n) is 1.76. The van der Waals surface area contributed by atoms with Crippen LogP contribution < -0.4 is 10.5 Å². The molecule has 76 valence electrons. The van der Waals surface area contributed by atoms with E-state index in [9.17, 15) is 9.18 Å². The Hall–Kier alpha value is -1.10. The highest BCUT2D eigenvalue weighted by molar-refractivity contribution is 9.09. The lowest BCUT2D eigenvalue weighted by Gasteiger charge is -2.08. The van der Waals surface area contributed by atoms with Gasteiger partial charge < -0.3 is 10.5 Å². The number of halogens is 2. The minimum absolute atomic E-state index is 0.0171. The fourth-order valence-electron chi connectivity index (χ4n) is 1.08. The summed E-state index contributed by atoms with van der Waals surface area (Å²) in [5.41, 5.74) is 5.48. The number of anilines is 1. The van der Waals surface area contributed by atoms with Crippen LogP contribution in [0.25, 0.3) is 0 Å². The molecule has 0 aliphatic rings. The molecule has 1 aromatic carbocycles. The van der Waals surface area contributed by atoms with Crippen molar-refractivity contribution in [1.82, 2.24) is 0 Å². The van der Waals surface area contributed by atoms with Gasteiger partial charge in [-0.3, -0.25) is 4.79 Å². The number of ether oxygens (including phenoxy) is 1. The maximum Gasteiger partial charge on any atom is 0.178 e. The molecule has 2 N–H and O–H groups in total. The summed E-state index contributed by atoms with van der Waals surface area (Å²) >= 11 is 2.95. The number of nitrogen functional groups attached to an aromatic ring is 1. The van der Waals surface area contributed by atoms with E-state index in [4.69, 9.17) is 10.5 Å². The normalized spacial score (nSPS) is 9.93. The average Bonchev–Trinajstić information content (AvgIpc) is 2.18. The number of hydrogen-bond acceptors (Lipinski definition) is 3. The Morgan fingerprint density at radius 1 is 1.64 bits per heavy atom. The van der Waals surface area contributed by atoms with Gasteiger partial charge in [0.2, 0.25) is 0 Å². The minimum Gasteiger partial charge on any atom is -0.494 e. The quantitative estimate of drug-likeness (QED) is 0.515. The molecule has 0 saturated carbocycles. The van der Waals surface area contributed by atoms with Crippen LogP contribution in [0.2, 0.25) is 0 Å². The van der Waals surface area contributed by atoms with Crippen LogP contribution in [0.3, 0.4) is 0 Å². The second kappa shape index (κ2) is 4.41. The van der Waals surface area contributed by atoms with E-state index in [0.717, 1.165) is 0 Å². The summed E-state index contributed by atoms with van der Waals surface area (Å²) in [4.78, 5) is 11.3. The highest BCUT2D eigenvalue weighted by Crippen LogP contribution is 2.25. The molecule has 14 heavy (non-hydrogen) atoms. The molecule has 5 heteroatoms. The van der Waals surface area contributed by atoms with Crippen LogP contribution in [0.15, 0.2) is 12.1 Å². The van der Waals surface area contributed by atoms with Crippen molar-refractivity contribution >= 4 is 27.4 Å². The van der Waals surface area contributed by atoms with Crippen molar-refractivity contribution in [2.75, 3.05) is 18.2 Å². The molecule has 0 aliphatic heterocycles. The summed E-state index contributed by atoms with van der Waals surface area (Å²) in [5, 5.41) is 0.0291. The molecule has 0 bridgehead atoms. The molecule has 1 aromatic rings. The molecule has 0 spiro atoms. The van der Waals surface area contributed by atoms with Gasteiger partial charge in [-0.05, 0) is 12.1 Å². The number of rotatable bonds is 3. The zero-order valence-corrected chi connectivity index (χ0v) is 9.10. The van der Waals surface area contributed by atoms with Gasteiger partial charge >= 0.3 is 0 Å². The first-order valence-corrected chi connectivity index (χ1v) is 4.95. The first-order chi connectivity index (χ1) is 6.61. The average molecular weight is 262 g/mol. The first-order valence-electron chi connectivity index (χ1n) is 3.83. The number of Topliss-reactive ketones (excluding diaryl/α,β-unsaturated/α-hetero) is 1. The maximum atomic E-state index is 13.5. The molecule has 0 aromatic heterocycles. The number of carbonyl (C=O) groups excluding carboxylic acids is 1. The smallest absolute Gasteiger partial charge is 0.178 e. The van der Waals surface area contributed by atoms with Gasteiger partial charge in [0.1, 0.15) is 0 Å². The monoisotopic (exact) mass is 261 g/mol. The first kappa shape index (κ1) is 11.0. The summed E-state index contributed by atoms with van der Waals surface area (Å²) < 4.78 is 18.3. The molecule has 0 saturated heterocycles. The molecule has 0 heterocycles. The predicted molar refractivity (Wildman–Crippen MR) is 55.5 cm³/mol. The predicted octanol–water partition coefficient (Wildman–Crippen LogP) is 1.99. The van der Waals surface area contributed by atoms with E-state index in [2.05, 4.69) is 15.9 Å². The highest BCUT2D eigenvalue weighted by atomic mass is 79.9. The summed E-state index contributed by atoms with van der Waals surface area (Å²) in [6.07, 6.45) is 0. The highest BCUT2D eigenvalue weighted by Gasteiger charge is 2.17. The van der Waals surface area contributed by atoms with Crippen LogP contribution in [0.4, 0.5) is 10.1 Å². The lowest BCUT2D eigenvalue weighted by Crippen LogP contribution is -2.09. The van der Waals surface area contributed by atoms with Crippen LogP contribution in [0, 0.1) is 5.82 Å². The van der Waals surface area contributed by atoms with Crippen LogP contribution in [0.1, 0.15) is 10.4 Å². The van der Waals surface area contributed by atoms with Crippen molar-refractivity contribution < 1.29 is 13.9 Å². The summed E-state index contributed by atoms with van der Waals surface area (Å²) in [6, 6.07) is 2.83. The van der Waals surface area contributed by atoms with E-state index >= 15 is 0 Å². The van der Waals surface area contributed by atoms with Crippen molar-refractivity contribution in [2.45, 2.75) is 0 Å². The summed E-state index contributed by atoms with van der Waals surface area (Å²) in [6.45, 7) is 0. The second-order valence-electron chi connectivity index (χ2n) is 2.60. The second-order valence-corrected chi connectivity index (χ2v) is 3.16. The van der Waals surface area contributed by atoms with Crippen LogP contribution >= 0.6 is 15.9 Å². The van der Waals surface area contributed by atoms with Crippen molar-refractivity contribution in [2.24, 2.45) is 0 Å². The standard InChI is InChI=1S/C9H9BrFNO2/c1-14-7-3-2-5(12)8(9(7)11)6(13)4-10/h2-3H,4,12H2,1H3. The van der Waals surface area contributed by atoms with Crippen LogP contribution in [-0.2, 0) is 0 Å². The SMILES string of the molecule is COc1ccc(N)c(C(=O)CBr)c1F. The zero-order valence-electron chi connectivity index (χ0n) is 7.51. The van der Waals surface area contributed by atoms with Crippen molar-refractivity contribution in [1.29, 1.82) is 0 Å². The fourth-order valence-corrected chi connectivity index (χ4v) is 1.36. The number of nitrogens with two attached hydrogens (primary N) is 1. The Morgan fingerprint density at radius 2 is 2.29 bits per heavy atom. The molecule has 0 amide bonds. The third-order valence-corrected chi connectivity index (χ3v) is 2.27. The maximum absolute atomic E-state index is 13.5. The van der Waals surface area contributed by atoms with Crippen LogP contribution in [-0.4, -0.2) is 18.2 Å². The van der Waals surface area contributed by atoms with Crippen molar-refractivity contribution in [3.63, 3.8) is 0 Å². The molecular weight excluding hydrogens is 253 g/mol. The molecule has 0 aliphatic carbocycles. The van der Waals surface area contributed by atoms with Gasteiger partial charge in [-0.1, -0.05) is 15.9 Å². The molecule has 3 nitrogen and oxygen atoms in total. The van der Waals surface area contributed by atoms with E-state index in [1.165, 1.54) is 19.2 Å². The molecular formula is C9H9BrFNO2. The van der Waals surface area contributed by atoms with Gasteiger partial charge in [0, 0.05) is 5.69 Å². The topological polar surface area (TPSA) is 52.3 Å². The summed E-state index contributed by atoms with van der Waals surface area (Å²) in [7, 11) is 1.33. The Kier molecular flexibility index (Phi) is 3.46. The van der Waals surface area contributed by atoms with Gasteiger partial charge in [-0.2, -0.15) is 0 Å². The van der Waals surface area contributed by atoms with Gasteiger partial charge in [-0.25, -0.2) is 4.39 Å². The van der Waals surface area contributed by atoms with Crippen molar-refractivity contribution in [3.8, 4) is 5.75 Å². The Balaban J connectivity index is 3.32.